The second kappa shape index (κ2) is 9.43. The molecule has 6 nitrogen and oxygen atoms in total. The lowest BCUT2D eigenvalue weighted by atomic mass is 9.99. The van der Waals surface area contributed by atoms with E-state index in [9.17, 15) is 9.59 Å². The van der Waals surface area contributed by atoms with Gasteiger partial charge < -0.3 is 14.8 Å². The summed E-state index contributed by atoms with van der Waals surface area (Å²) < 4.78 is 11.1. The van der Waals surface area contributed by atoms with Crippen LogP contribution in [0.2, 0.25) is 0 Å². The number of carbonyl (C=O) groups is 2. The van der Waals surface area contributed by atoms with Crippen molar-refractivity contribution in [3.05, 3.63) is 88.6 Å². The molecule has 0 atom stereocenters. The van der Waals surface area contributed by atoms with Crippen molar-refractivity contribution < 1.29 is 19.1 Å². The maximum atomic E-state index is 13.8. The van der Waals surface area contributed by atoms with Crippen molar-refractivity contribution >= 4 is 28.8 Å². The zero-order valence-electron chi connectivity index (χ0n) is 20.1. The Morgan fingerprint density at radius 2 is 1.68 bits per heavy atom. The lowest BCUT2D eigenvalue weighted by molar-refractivity contribution is -0.120. The number of nitrogens with zero attached hydrogens (tertiary/aromatic N) is 1. The first kappa shape index (κ1) is 23.1. The molecule has 34 heavy (non-hydrogen) atoms. The van der Waals surface area contributed by atoms with Crippen molar-refractivity contribution in [1.29, 1.82) is 0 Å². The number of hydrogen-bond acceptors (Lipinski definition) is 5. The predicted octanol–water partition coefficient (Wildman–Crippen LogP) is 5.42. The van der Waals surface area contributed by atoms with Gasteiger partial charge in [0.1, 0.15) is 17.2 Å². The molecule has 0 unspecified atom stereocenters. The molecule has 0 bridgehead atoms. The largest absolute Gasteiger partial charge is 0.495 e. The number of hydrogen-bond donors (Lipinski definition) is 1. The first-order valence-corrected chi connectivity index (χ1v) is 11.2. The van der Waals surface area contributed by atoms with Crippen LogP contribution in [-0.4, -0.2) is 25.5 Å². The third kappa shape index (κ3) is 4.27. The van der Waals surface area contributed by atoms with Crippen LogP contribution in [0.25, 0.3) is 5.57 Å². The minimum Gasteiger partial charge on any atom is -0.495 e. The average Bonchev–Trinajstić information content (AvgIpc) is 3.05. The number of imide groups is 1. The molecule has 4 rings (SSSR count). The molecular weight excluding hydrogens is 428 g/mol. The third-order valence-corrected chi connectivity index (χ3v) is 5.87. The van der Waals surface area contributed by atoms with E-state index in [-0.39, 0.29) is 5.70 Å². The standard InChI is InChI=1S/C28H28N2O4/c1-6-34-22-9-7-8-21(16-22)29-26-25(20-12-11-18(3)19(4)15-20)27(31)30(28(26)32)23-14-17(2)10-13-24(23)33-5/h7-16,29H,6H2,1-5H3. The Bertz CT molecular complexity index is 1310. The number of carbonyl (C=O) groups excluding carboxylic acids is 2. The van der Waals surface area contributed by atoms with Crippen molar-refractivity contribution in [2.24, 2.45) is 0 Å². The fourth-order valence-electron chi connectivity index (χ4n) is 3.98. The molecule has 1 heterocycles. The molecule has 0 radical (unpaired) electrons. The van der Waals surface area contributed by atoms with Crippen molar-refractivity contribution in [3.8, 4) is 11.5 Å². The second-order valence-electron chi connectivity index (χ2n) is 8.26. The maximum Gasteiger partial charge on any atom is 0.282 e. The quantitative estimate of drug-likeness (QED) is 0.481. The number of benzene rings is 3. The number of anilines is 2. The van der Waals surface area contributed by atoms with Crippen LogP contribution in [-0.2, 0) is 9.59 Å². The number of nitrogens with one attached hydrogen (secondary N) is 1. The normalized spacial score (nSPS) is 13.5. The van der Waals surface area contributed by atoms with E-state index in [4.69, 9.17) is 9.47 Å². The summed E-state index contributed by atoms with van der Waals surface area (Å²) in [5, 5.41) is 3.20. The molecule has 3 aromatic carbocycles. The fraction of sp³-hybridized carbons (Fsp3) is 0.214. The molecule has 0 spiro atoms. The molecule has 1 aliphatic heterocycles. The summed E-state index contributed by atoms with van der Waals surface area (Å²) in [4.78, 5) is 28.7. The van der Waals surface area contributed by atoms with Gasteiger partial charge in [-0.25, -0.2) is 4.90 Å². The Morgan fingerprint density at radius 1 is 0.882 bits per heavy atom. The fourth-order valence-corrected chi connectivity index (χ4v) is 3.98. The molecule has 2 amide bonds. The lowest BCUT2D eigenvalue weighted by Crippen LogP contribution is -2.32. The van der Waals surface area contributed by atoms with Crippen LogP contribution in [0, 0.1) is 20.8 Å². The van der Waals surface area contributed by atoms with Gasteiger partial charge in [0.15, 0.2) is 0 Å². The van der Waals surface area contributed by atoms with Crippen molar-refractivity contribution in [2.75, 3.05) is 23.9 Å². The topological polar surface area (TPSA) is 67.9 Å². The molecule has 1 aliphatic rings. The Hall–Kier alpha value is -4.06. The van der Waals surface area contributed by atoms with E-state index in [2.05, 4.69) is 5.32 Å². The number of aryl methyl sites for hydroxylation is 3. The van der Waals surface area contributed by atoms with Crippen molar-refractivity contribution in [2.45, 2.75) is 27.7 Å². The summed E-state index contributed by atoms with van der Waals surface area (Å²) in [5.74, 6) is 0.283. The van der Waals surface area contributed by atoms with Gasteiger partial charge in [-0.3, -0.25) is 9.59 Å². The van der Waals surface area contributed by atoms with Gasteiger partial charge in [0.25, 0.3) is 11.8 Å². The summed E-state index contributed by atoms with van der Waals surface area (Å²) in [6, 6.07) is 18.5. The van der Waals surface area contributed by atoms with E-state index in [1.807, 2.05) is 76.2 Å². The van der Waals surface area contributed by atoms with Crippen LogP contribution in [0.5, 0.6) is 11.5 Å². The zero-order valence-corrected chi connectivity index (χ0v) is 20.1. The molecule has 0 fully saturated rings. The highest BCUT2D eigenvalue weighted by Crippen LogP contribution is 2.39. The molecule has 0 saturated heterocycles. The van der Waals surface area contributed by atoms with Gasteiger partial charge in [-0.05, 0) is 74.2 Å². The predicted molar refractivity (Wildman–Crippen MR) is 134 cm³/mol. The lowest BCUT2D eigenvalue weighted by Gasteiger charge is -2.19. The highest BCUT2D eigenvalue weighted by atomic mass is 16.5. The number of methoxy groups -OCH3 is 1. The van der Waals surface area contributed by atoms with E-state index in [0.29, 0.717) is 40.6 Å². The molecule has 174 valence electrons. The molecule has 0 saturated carbocycles. The average molecular weight is 457 g/mol. The summed E-state index contributed by atoms with van der Waals surface area (Å²) in [5.41, 5.74) is 5.34. The van der Waals surface area contributed by atoms with Crippen LogP contribution in [0.15, 0.2) is 66.4 Å². The van der Waals surface area contributed by atoms with Gasteiger partial charge in [-0.15, -0.1) is 0 Å². The van der Waals surface area contributed by atoms with Crippen LogP contribution < -0.4 is 19.7 Å². The van der Waals surface area contributed by atoms with Gasteiger partial charge in [0, 0.05) is 11.8 Å². The van der Waals surface area contributed by atoms with Crippen LogP contribution in [0.4, 0.5) is 11.4 Å². The Balaban J connectivity index is 1.85. The van der Waals surface area contributed by atoms with Gasteiger partial charge >= 0.3 is 0 Å². The van der Waals surface area contributed by atoms with E-state index < -0.39 is 11.8 Å². The minimum absolute atomic E-state index is 0.213. The van der Waals surface area contributed by atoms with E-state index in [0.717, 1.165) is 16.7 Å². The monoisotopic (exact) mass is 456 g/mol. The SMILES string of the molecule is CCOc1cccc(NC2=C(c3ccc(C)c(C)c3)C(=O)N(c3cc(C)ccc3OC)C2=O)c1. The van der Waals surface area contributed by atoms with Gasteiger partial charge in [0.05, 0.1) is 25.0 Å². The Morgan fingerprint density at radius 3 is 2.38 bits per heavy atom. The summed E-state index contributed by atoms with van der Waals surface area (Å²) in [6.45, 7) is 8.34. The molecule has 6 heteroatoms. The zero-order chi connectivity index (χ0) is 24.4. The van der Waals surface area contributed by atoms with Crippen molar-refractivity contribution in [3.63, 3.8) is 0 Å². The number of ether oxygens (including phenoxy) is 2. The molecule has 3 aromatic rings. The van der Waals surface area contributed by atoms with Crippen LogP contribution in [0.1, 0.15) is 29.2 Å². The second-order valence-corrected chi connectivity index (χ2v) is 8.26. The van der Waals surface area contributed by atoms with Gasteiger partial charge in [-0.1, -0.05) is 30.3 Å². The summed E-state index contributed by atoms with van der Waals surface area (Å²) in [7, 11) is 1.52. The number of rotatable bonds is 7. The first-order valence-electron chi connectivity index (χ1n) is 11.2. The smallest absolute Gasteiger partial charge is 0.282 e. The maximum absolute atomic E-state index is 13.8. The highest BCUT2D eigenvalue weighted by molar-refractivity contribution is 6.46. The van der Waals surface area contributed by atoms with Crippen molar-refractivity contribution in [1.82, 2.24) is 0 Å². The Kier molecular flexibility index (Phi) is 6.41. The van der Waals surface area contributed by atoms with Gasteiger partial charge in [0.2, 0.25) is 0 Å². The van der Waals surface area contributed by atoms with Gasteiger partial charge in [-0.2, -0.15) is 0 Å². The molecule has 1 N–H and O–H groups in total. The van der Waals surface area contributed by atoms with Crippen LogP contribution >= 0.6 is 0 Å². The summed E-state index contributed by atoms with van der Waals surface area (Å²) >= 11 is 0. The molecule has 0 aromatic heterocycles. The highest BCUT2D eigenvalue weighted by Gasteiger charge is 2.41. The summed E-state index contributed by atoms with van der Waals surface area (Å²) in [6.07, 6.45) is 0. The first-order chi connectivity index (χ1) is 16.3. The van der Waals surface area contributed by atoms with E-state index >= 15 is 0 Å². The van der Waals surface area contributed by atoms with E-state index in [1.54, 1.807) is 12.1 Å². The minimum atomic E-state index is -0.441. The number of amides is 2. The molecular formula is C28H28N2O4. The third-order valence-electron chi connectivity index (χ3n) is 5.87. The van der Waals surface area contributed by atoms with E-state index in [1.165, 1.54) is 12.0 Å². The van der Waals surface area contributed by atoms with Crippen LogP contribution in [0.3, 0.4) is 0 Å². The Labute approximate surface area is 199 Å². The molecule has 0 aliphatic carbocycles.